The molecular weight excluding hydrogens is 216 g/mol. The topological polar surface area (TPSA) is 73.1 Å². The van der Waals surface area contributed by atoms with Crippen molar-refractivity contribution < 1.29 is 9.90 Å². The van der Waals surface area contributed by atoms with Crippen molar-refractivity contribution in [2.75, 3.05) is 6.61 Å². The number of aliphatic hydroxyl groups is 1. The van der Waals surface area contributed by atoms with Gasteiger partial charge in [-0.25, -0.2) is 0 Å². The normalized spacial score (nSPS) is 14.8. The van der Waals surface area contributed by atoms with Crippen LogP contribution >= 0.6 is 0 Å². The first-order valence-corrected chi connectivity index (χ1v) is 6.17. The van der Waals surface area contributed by atoms with Gasteiger partial charge >= 0.3 is 0 Å². The Balaban J connectivity index is 4.55. The maximum absolute atomic E-state index is 11.9. The molecule has 0 aromatic rings. The van der Waals surface area contributed by atoms with E-state index in [1.165, 1.54) is 0 Å². The number of nitriles is 1. The molecule has 0 aliphatic heterocycles. The Kier molecular flexibility index (Phi) is 6.82. The molecule has 2 atom stereocenters. The first-order chi connectivity index (χ1) is 7.86. The lowest BCUT2D eigenvalue weighted by Gasteiger charge is -2.31. The maximum atomic E-state index is 11.9. The summed E-state index contributed by atoms with van der Waals surface area (Å²) in [5.74, 6) is -0.800. The molecule has 17 heavy (non-hydrogen) atoms. The van der Waals surface area contributed by atoms with Crippen LogP contribution in [0.3, 0.4) is 0 Å². The summed E-state index contributed by atoms with van der Waals surface area (Å²) in [6.45, 7) is 8.01. The predicted octanol–water partition coefficient (Wildman–Crippen LogP) is 1.84. The van der Waals surface area contributed by atoms with Crippen molar-refractivity contribution in [1.82, 2.24) is 5.32 Å². The van der Waals surface area contributed by atoms with Crippen LogP contribution in [0.4, 0.5) is 0 Å². The van der Waals surface area contributed by atoms with Gasteiger partial charge in [0.05, 0.1) is 6.07 Å². The third kappa shape index (κ3) is 5.69. The van der Waals surface area contributed by atoms with Gasteiger partial charge in [-0.2, -0.15) is 5.26 Å². The number of nitrogens with zero attached hydrogens (tertiary/aromatic N) is 1. The maximum Gasteiger partial charge on any atom is 0.237 e. The minimum Gasteiger partial charge on any atom is -0.396 e. The van der Waals surface area contributed by atoms with Crippen molar-refractivity contribution in [1.29, 1.82) is 5.26 Å². The summed E-state index contributed by atoms with van der Waals surface area (Å²) in [4.78, 5) is 11.9. The summed E-state index contributed by atoms with van der Waals surface area (Å²) in [6, 6.07) is 1.92. The van der Waals surface area contributed by atoms with Crippen LogP contribution in [0, 0.1) is 22.7 Å². The van der Waals surface area contributed by atoms with Gasteiger partial charge in [0.25, 0.3) is 0 Å². The van der Waals surface area contributed by atoms with Crippen LogP contribution in [-0.2, 0) is 4.79 Å². The van der Waals surface area contributed by atoms with E-state index in [0.717, 1.165) is 6.42 Å². The number of carbonyl (C=O) groups is 1. The third-order valence-corrected chi connectivity index (χ3v) is 2.83. The summed E-state index contributed by atoms with van der Waals surface area (Å²) in [5, 5.41) is 20.8. The van der Waals surface area contributed by atoms with Gasteiger partial charge < -0.3 is 10.4 Å². The van der Waals surface area contributed by atoms with Gasteiger partial charge in [-0.05, 0) is 18.3 Å². The molecular formula is C13H24N2O2. The van der Waals surface area contributed by atoms with E-state index in [9.17, 15) is 4.79 Å². The average Bonchev–Trinajstić information content (AvgIpc) is 2.23. The summed E-state index contributed by atoms with van der Waals surface area (Å²) in [7, 11) is 0. The summed E-state index contributed by atoms with van der Waals surface area (Å²) < 4.78 is 0. The van der Waals surface area contributed by atoms with Gasteiger partial charge in [0.15, 0.2) is 0 Å². The van der Waals surface area contributed by atoms with Crippen molar-refractivity contribution >= 4 is 5.91 Å². The monoisotopic (exact) mass is 240 g/mol. The molecule has 0 bridgehead atoms. The number of carbonyl (C=O) groups excluding carboxylic acids is 1. The van der Waals surface area contributed by atoms with E-state index < -0.39 is 5.92 Å². The SMILES string of the molecule is CCCC(C#N)C(=O)NC(CCO)C(C)(C)C. The molecule has 0 aliphatic rings. The smallest absolute Gasteiger partial charge is 0.237 e. The van der Waals surface area contributed by atoms with E-state index in [4.69, 9.17) is 10.4 Å². The quantitative estimate of drug-likeness (QED) is 0.744. The first kappa shape index (κ1) is 15.9. The van der Waals surface area contributed by atoms with Gasteiger partial charge in [-0.1, -0.05) is 34.1 Å². The molecule has 4 heteroatoms. The molecule has 2 N–H and O–H groups in total. The van der Waals surface area contributed by atoms with E-state index in [0.29, 0.717) is 12.8 Å². The summed E-state index contributed by atoms with van der Waals surface area (Å²) in [5.41, 5.74) is -0.120. The molecule has 98 valence electrons. The second-order valence-electron chi connectivity index (χ2n) is 5.41. The molecule has 1 amide bonds. The van der Waals surface area contributed by atoms with Crippen LogP contribution < -0.4 is 5.32 Å². The molecule has 0 saturated heterocycles. The predicted molar refractivity (Wildman–Crippen MR) is 67.1 cm³/mol. The minimum absolute atomic E-state index is 0.0349. The Bertz CT molecular complexity index is 276. The average molecular weight is 240 g/mol. The second-order valence-corrected chi connectivity index (χ2v) is 5.41. The van der Waals surface area contributed by atoms with E-state index in [-0.39, 0.29) is 24.0 Å². The highest BCUT2D eigenvalue weighted by molar-refractivity contribution is 5.81. The molecule has 0 radical (unpaired) electrons. The summed E-state index contributed by atoms with van der Waals surface area (Å²) in [6.07, 6.45) is 1.91. The fourth-order valence-corrected chi connectivity index (χ4v) is 1.67. The van der Waals surface area contributed by atoms with Gasteiger partial charge in [-0.3, -0.25) is 4.79 Å². The molecule has 0 aliphatic carbocycles. The minimum atomic E-state index is -0.580. The molecule has 0 spiro atoms. The van der Waals surface area contributed by atoms with Gasteiger partial charge in [0, 0.05) is 12.6 Å². The lowest BCUT2D eigenvalue weighted by Crippen LogP contribution is -2.46. The summed E-state index contributed by atoms with van der Waals surface area (Å²) >= 11 is 0. The molecule has 0 rings (SSSR count). The molecule has 0 heterocycles. The molecule has 0 saturated carbocycles. The van der Waals surface area contributed by atoms with E-state index in [2.05, 4.69) is 5.32 Å². The lowest BCUT2D eigenvalue weighted by molar-refractivity contribution is -0.125. The van der Waals surface area contributed by atoms with Gasteiger partial charge in [0.2, 0.25) is 5.91 Å². The molecule has 2 unspecified atom stereocenters. The largest absolute Gasteiger partial charge is 0.396 e. The van der Waals surface area contributed by atoms with Crippen molar-refractivity contribution in [2.24, 2.45) is 11.3 Å². The zero-order chi connectivity index (χ0) is 13.5. The Morgan fingerprint density at radius 2 is 2.00 bits per heavy atom. The fourth-order valence-electron chi connectivity index (χ4n) is 1.67. The van der Waals surface area contributed by atoms with Crippen LogP contribution in [0.2, 0.25) is 0 Å². The standard InChI is InChI=1S/C13H24N2O2/c1-5-6-10(9-14)12(17)15-11(7-8-16)13(2,3)4/h10-11,16H,5-8H2,1-4H3,(H,15,17). The molecule has 0 aromatic heterocycles. The number of rotatable bonds is 6. The van der Waals surface area contributed by atoms with Gasteiger partial charge in [0.1, 0.15) is 5.92 Å². The van der Waals surface area contributed by atoms with Gasteiger partial charge in [-0.15, -0.1) is 0 Å². The molecule has 0 fully saturated rings. The zero-order valence-corrected chi connectivity index (χ0v) is 11.3. The Morgan fingerprint density at radius 1 is 1.41 bits per heavy atom. The number of nitrogens with one attached hydrogen (secondary N) is 1. The van der Waals surface area contributed by atoms with E-state index in [1.54, 1.807) is 0 Å². The fraction of sp³-hybridized carbons (Fsp3) is 0.846. The van der Waals surface area contributed by atoms with Crippen molar-refractivity contribution in [3.8, 4) is 6.07 Å². The van der Waals surface area contributed by atoms with Crippen LogP contribution in [0.15, 0.2) is 0 Å². The van der Waals surface area contributed by atoms with Crippen molar-refractivity contribution in [3.63, 3.8) is 0 Å². The number of amides is 1. The van der Waals surface area contributed by atoms with Crippen LogP contribution in [0.25, 0.3) is 0 Å². The van der Waals surface area contributed by atoms with Crippen LogP contribution in [0.1, 0.15) is 47.0 Å². The second kappa shape index (κ2) is 7.29. The van der Waals surface area contributed by atoms with E-state index in [1.807, 2.05) is 33.8 Å². The van der Waals surface area contributed by atoms with Crippen LogP contribution in [0.5, 0.6) is 0 Å². The highest BCUT2D eigenvalue weighted by atomic mass is 16.3. The Morgan fingerprint density at radius 3 is 2.35 bits per heavy atom. The number of hydrogen-bond donors (Lipinski definition) is 2. The van der Waals surface area contributed by atoms with E-state index >= 15 is 0 Å². The van der Waals surface area contributed by atoms with Crippen molar-refractivity contribution in [2.45, 2.75) is 53.0 Å². The Labute approximate surface area is 104 Å². The highest BCUT2D eigenvalue weighted by Crippen LogP contribution is 2.22. The third-order valence-electron chi connectivity index (χ3n) is 2.83. The van der Waals surface area contributed by atoms with Crippen LogP contribution in [-0.4, -0.2) is 23.7 Å². The lowest BCUT2D eigenvalue weighted by atomic mass is 9.84. The zero-order valence-electron chi connectivity index (χ0n) is 11.3. The number of hydrogen-bond acceptors (Lipinski definition) is 3. The molecule has 4 nitrogen and oxygen atoms in total. The first-order valence-electron chi connectivity index (χ1n) is 6.17. The Hall–Kier alpha value is -1.08. The molecule has 0 aromatic carbocycles. The van der Waals surface area contributed by atoms with Crippen molar-refractivity contribution in [3.05, 3.63) is 0 Å². The highest BCUT2D eigenvalue weighted by Gasteiger charge is 2.28. The number of aliphatic hydroxyl groups excluding tert-OH is 1.